The molecular formula is C17H28N2O. The average Bonchev–Trinajstić information content (AvgIpc) is 2.42. The van der Waals surface area contributed by atoms with Crippen LogP contribution in [0.2, 0.25) is 0 Å². The zero-order valence-electron chi connectivity index (χ0n) is 13.1. The van der Waals surface area contributed by atoms with E-state index in [9.17, 15) is 0 Å². The first-order chi connectivity index (χ1) is 9.63. The number of rotatable bonds is 6. The predicted octanol–water partition coefficient (Wildman–Crippen LogP) is 2.44. The molecule has 1 heterocycles. The Hall–Kier alpha value is -0.900. The quantitative estimate of drug-likeness (QED) is 0.864. The number of ether oxygens (including phenoxy) is 1. The lowest BCUT2D eigenvalue weighted by molar-refractivity contribution is 0.0269. The van der Waals surface area contributed by atoms with E-state index in [0.29, 0.717) is 5.41 Å². The standard InChI is InChI=1S/C17H28N2O/c1-15-4-6-16(7-5-15)12-19(2)13-17(14-20-3)8-10-18-11-9-17/h4-7,18H,8-14H2,1-3H3. The van der Waals surface area contributed by atoms with Gasteiger partial charge in [-0.05, 0) is 45.5 Å². The van der Waals surface area contributed by atoms with E-state index in [4.69, 9.17) is 4.74 Å². The van der Waals surface area contributed by atoms with Gasteiger partial charge in [-0.1, -0.05) is 29.8 Å². The first kappa shape index (κ1) is 15.5. The Bertz CT molecular complexity index is 390. The van der Waals surface area contributed by atoms with Crippen LogP contribution < -0.4 is 5.32 Å². The van der Waals surface area contributed by atoms with Crippen molar-refractivity contribution in [3.63, 3.8) is 0 Å². The van der Waals surface area contributed by atoms with Gasteiger partial charge in [0.1, 0.15) is 0 Å². The molecule has 112 valence electrons. The van der Waals surface area contributed by atoms with Gasteiger partial charge in [0.25, 0.3) is 0 Å². The smallest absolute Gasteiger partial charge is 0.0531 e. The molecule has 1 aliphatic rings. The number of benzene rings is 1. The Morgan fingerprint density at radius 3 is 2.45 bits per heavy atom. The van der Waals surface area contributed by atoms with Gasteiger partial charge in [-0.25, -0.2) is 0 Å². The van der Waals surface area contributed by atoms with Gasteiger partial charge in [0.2, 0.25) is 0 Å². The minimum Gasteiger partial charge on any atom is -0.384 e. The van der Waals surface area contributed by atoms with Crippen LogP contribution in [0.3, 0.4) is 0 Å². The van der Waals surface area contributed by atoms with Crippen LogP contribution in [0.4, 0.5) is 0 Å². The number of hydrogen-bond acceptors (Lipinski definition) is 3. The summed E-state index contributed by atoms with van der Waals surface area (Å²) < 4.78 is 5.50. The maximum absolute atomic E-state index is 5.50. The van der Waals surface area contributed by atoms with Crippen molar-refractivity contribution in [3.8, 4) is 0 Å². The molecule has 0 aliphatic carbocycles. The average molecular weight is 276 g/mol. The summed E-state index contributed by atoms with van der Waals surface area (Å²) in [5.74, 6) is 0. The molecule has 0 radical (unpaired) electrons. The molecule has 0 aromatic heterocycles. The lowest BCUT2D eigenvalue weighted by Crippen LogP contribution is -2.46. The van der Waals surface area contributed by atoms with E-state index < -0.39 is 0 Å². The molecule has 0 unspecified atom stereocenters. The van der Waals surface area contributed by atoms with Crippen molar-refractivity contribution in [1.82, 2.24) is 10.2 Å². The molecule has 3 heteroatoms. The van der Waals surface area contributed by atoms with Gasteiger partial charge >= 0.3 is 0 Å². The summed E-state index contributed by atoms with van der Waals surface area (Å²) in [7, 11) is 4.04. The van der Waals surface area contributed by atoms with Crippen LogP contribution in [-0.2, 0) is 11.3 Å². The maximum Gasteiger partial charge on any atom is 0.0531 e. The molecule has 1 aromatic rings. The van der Waals surface area contributed by atoms with Crippen LogP contribution >= 0.6 is 0 Å². The molecular weight excluding hydrogens is 248 g/mol. The fraction of sp³-hybridized carbons (Fsp3) is 0.647. The van der Waals surface area contributed by atoms with Crippen molar-refractivity contribution >= 4 is 0 Å². The lowest BCUT2D eigenvalue weighted by Gasteiger charge is -2.40. The molecule has 1 aliphatic heterocycles. The highest BCUT2D eigenvalue weighted by molar-refractivity contribution is 5.21. The third-order valence-corrected chi connectivity index (χ3v) is 4.29. The fourth-order valence-corrected chi connectivity index (χ4v) is 3.25. The topological polar surface area (TPSA) is 24.5 Å². The van der Waals surface area contributed by atoms with Crippen LogP contribution in [0.1, 0.15) is 24.0 Å². The van der Waals surface area contributed by atoms with Gasteiger partial charge in [-0.2, -0.15) is 0 Å². The summed E-state index contributed by atoms with van der Waals surface area (Å²) in [6.07, 6.45) is 2.41. The zero-order valence-corrected chi connectivity index (χ0v) is 13.1. The number of nitrogens with one attached hydrogen (secondary N) is 1. The van der Waals surface area contributed by atoms with E-state index in [1.165, 1.54) is 24.0 Å². The van der Waals surface area contributed by atoms with Gasteiger partial charge in [0, 0.05) is 25.6 Å². The number of hydrogen-bond donors (Lipinski definition) is 1. The summed E-state index contributed by atoms with van der Waals surface area (Å²) in [5, 5.41) is 3.45. The molecule has 0 spiro atoms. The molecule has 2 rings (SSSR count). The summed E-state index contributed by atoms with van der Waals surface area (Å²) >= 11 is 0. The molecule has 0 bridgehead atoms. The van der Waals surface area contributed by atoms with Crippen LogP contribution in [0.25, 0.3) is 0 Å². The number of piperidine rings is 1. The first-order valence-electron chi connectivity index (χ1n) is 7.57. The minimum absolute atomic E-state index is 0.319. The van der Waals surface area contributed by atoms with E-state index in [-0.39, 0.29) is 0 Å². The Kier molecular flexibility index (Phi) is 5.58. The van der Waals surface area contributed by atoms with Crippen LogP contribution in [0.15, 0.2) is 24.3 Å². The largest absolute Gasteiger partial charge is 0.384 e. The second-order valence-electron chi connectivity index (χ2n) is 6.34. The number of aryl methyl sites for hydroxylation is 1. The predicted molar refractivity (Wildman–Crippen MR) is 83.9 cm³/mol. The van der Waals surface area contributed by atoms with E-state index in [2.05, 4.69) is 48.5 Å². The second kappa shape index (κ2) is 7.21. The van der Waals surface area contributed by atoms with Gasteiger partial charge in [-0.3, -0.25) is 0 Å². The highest BCUT2D eigenvalue weighted by Gasteiger charge is 2.33. The van der Waals surface area contributed by atoms with Gasteiger partial charge in [0.05, 0.1) is 6.61 Å². The Balaban J connectivity index is 1.93. The van der Waals surface area contributed by atoms with Gasteiger partial charge in [-0.15, -0.1) is 0 Å². The van der Waals surface area contributed by atoms with Gasteiger partial charge < -0.3 is 15.0 Å². The molecule has 20 heavy (non-hydrogen) atoms. The van der Waals surface area contributed by atoms with Crippen molar-refractivity contribution in [1.29, 1.82) is 0 Å². The Morgan fingerprint density at radius 2 is 1.85 bits per heavy atom. The molecule has 1 fully saturated rings. The highest BCUT2D eigenvalue weighted by atomic mass is 16.5. The van der Waals surface area contributed by atoms with E-state index in [0.717, 1.165) is 32.8 Å². The van der Waals surface area contributed by atoms with E-state index in [1.54, 1.807) is 0 Å². The van der Waals surface area contributed by atoms with E-state index >= 15 is 0 Å². The van der Waals surface area contributed by atoms with Crippen molar-refractivity contribution in [2.24, 2.45) is 5.41 Å². The fourth-order valence-electron chi connectivity index (χ4n) is 3.25. The first-order valence-corrected chi connectivity index (χ1v) is 7.57. The summed E-state index contributed by atoms with van der Waals surface area (Å²) in [5.41, 5.74) is 3.03. The van der Waals surface area contributed by atoms with Crippen molar-refractivity contribution in [2.75, 3.05) is 40.4 Å². The second-order valence-corrected chi connectivity index (χ2v) is 6.34. The molecule has 0 atom stereocenters. The van der Waals surface area contributed by atoms with Crippen LogP contribution in [0.5, 0.6) is 0 Å². The number of nitrogens with zero attached hydrogens (tertiary/aromatic N) is 1. The monoisotopic (exact) mass is 276 g/mol. The highest BCUT2D eigenvalue weighted by Crippen LogP contribution is 2.30. The lowest BCUT2D eigenvalue weighted by atomic mass is 9.79. The Labute approximate surface area is 123 Å². The van der Waals surface area contributed by atoms with Gasteiger partial charge in [0.15, 0.2) is 0 Å². The summed E-state index contributed by atoms with van der Waals surface area (Å²) in [6, 6.07) is 8.85. The SMILES string of the molecule is COCC1(CN(C)Cc2ccc(C)cc2)CCNCC1. The molecule has 1 saturated heterocycles. The number of methoxy groups -OCH3 is 1. The maximum atomic E-state index is 5.50. The third-order valence-electron chi connectivity index (χ3n) is 4.29. The molecule has 3 nitrogen and oxygen atoms in total. The van der Waals surface area contributed by atoms with Crippen LogP contribution in [0, 0.1) is 12.3 Å². The molecule has 0 amide bonds. The van der Waals surface area contributed by atoms with Crippen molar-refractivity contribution < 1.29 is 4.74 Å². The zero-order chi connectivity index (χ0) is 14.4. The van der Waals surface area contributed by atoms with Crippen molar-refractivity contribution in [3.05, 3.63) is 35.4 Å². The Morgan fingerprint density at radius 1 is 1.20 bits per heavy atom. The summed E-state index contributed by atoms with van der Waals surface area (Å²) in [4.78, 5) is 2.44. The normalized spacial score (nSPS) is 18.4. The van der Waals surface area contributed by atoms with Crippen LogP contribution in [-0.4, -0.2) is 45.3 Å². The molecule has 0 saturated carbocycles. The summed E-state index contributed by atoms with van der Waals surface area (Å²) in [6.45, 7) is 7.35. The van der Waals surface area contributed by atoms with Crippen molar-refractivity contribution in [2.45, 2.75) is 26.3 Å². The minimum atomic E-state index is 0.319. The molecule has 1 N–H and O–H groups in total. The molecule has 1 aromatic carbocycles. The van der Waals surface area contributed by atoms with E-state index in [1.807, 2.05) is 7.11 Å². The third kappa shape index (κ3) is 4.30.